The molecule has 0 fully saturated rings. The number of carbonyl (C=O) groups is 2. The van der Waals surface area contributed by atoms with Gasteiger partial charge in [-0.3, -0.25) is 24.7 Å². The van der Waals surface area contributed by atoms with Crippen molar-refractivity contribution in [3.8, 4) is 0 Å². The minimum Gasteiger partial charge on any atom is -0.288 e. The van der Waals surface area contributed by atoms with E-state index < -0.39 is 16.5 Å². The second-order valence-corrected chi connectivity index (χ2v) is 3.91. The van der Waals surface area contributed by atoms with Crippen LogP contribution in [0.15, 0.2) is 34.5 Å². The Morgan fingerprint density at radius 3 is 2.58 bits per heavy atom. The van der Waals surface area contributed by atoms with E-state index in [1.54, 1.807) is 0 Å². The number of hydrogen-bond acceptors (Lipinski definition) is 5. The number of rotatable bonds is 2. The first-order valence-electron chi connectivity index (χ1n) is 5.44. The maximum absolute atomic E-state index is 12.2. The van der Waals surface area contributed by atoms with E-state index in [4.69, 9.17) is 0 Å². The monoisotopic (exact) mass is 257 g/mol. The van der Waals surface area contributed by atoms with Crippen molar-refractivity contribution in [2.75, 3.05) is 0 Å². The summed E-state index contributed by atoms with van der Waals surface area (Å²) in [4.78, 5) is 38.3. The van der Waals surface area contributed by atoms with Crippen molar-refractivity contribution in [3.05, 3.63) is 50.7 Å². The summed E-state index contributed by atoms with van der Waals surface area (Å²) in [5.74, 6) is -1.18. The molecule has 1 radical (unpaired) electrons. The van der Waals surface area contributed by atoms with Crippen molar-refractivity contribution < 1.29 is 14.5 Å². The predicted molar refractivity (Wildman–Crippen MR) is 67.6 cm³/mol. The Morgan fingerprint density at radius 2 is 2.00 bits per heavy atom. The maximum Gasteiger partial charge on any atom is 0.281 e. The van der Waals surface area contributed by atoms with Gasteiger partial charge >= 0.3 is 0 Å². The fourth-order valence-electron chi connectivity index (χ4n) is 2.04. The van der Waals surface area contributed by atoms with Gasteiger partial charge in [0.05, 0.1) is 22.4 Å². The fourth-order valence-corrected chi connectivity index (χ4v) is 2.04. The largest absolute Gasteiger partial charge is 0.288 e. The van der Waals surface area contributed by atoms with E-state index in [-0.39, 0.29) is 28.1 Å². The van der Waals surface area contributed by atoms with Crippen molar-refractivity contribution >= 4 is 23.5 Å². The number of benzene rings is 1. The van der Waals surface area contributed by atoms with E-state index in [0.717, 1.165) is 0 Å². The molecule has 0 aliphatic heterocycles. The summed E-state index contributed by atoms with van der Waals surface area (Å²) in [6.07, 6.45) is 2.48. The van der Waals surface area contributed by atoms with Gasteiger partial charge in [-0.1, -0.05) is 6.07 Å². The molecule has 0 saturated carbocycles. The highest BCUT2D eigenvalue weighted by Crippen LogP contribution is 2.34. The molecule has 1 aromatic carbocycles. The molecule has 1 aliphatic rings. The third kappa shape index (κ3) is 1.87. The summed E-state index contributed by atoms with van der Waals surface area (Å²) in [5.41, 5.74) is -0.372. The molecule has 0 heterocycles. The minimum absolute atomic E-state index is 0.0554. The van der Waals surface area contributed by atoms with Crippen LogP contribution in [-0.4, -0.2) is 22.7 Å². The molecule has 19 heavy (non-hydrogen) atoms. The second kappa shape index (κ2) is 4.56. The first-order valence-corrected chi connectivity index (χ1v) is 5.44. The quantitative estimate of drug-likeness (QED) is 0.267. The number of nitrogens with zero attached hydrogens (tertiary/aromatic N) is 2. The van der Waals surface area contributed by atoms with Gasteiger partial charge in [-0.2, -0.15) is 0 Å². The summed E-state index contributed by atoms with van der Waals surface area (Å²) in [7, 11) is 0. The third-order valence-electron chi connectivity index (χ3n) is 2.81. The number of carbonyl (C=O) groups excluding carboxylic acids is 2. The van der Waals surface area contributed by atoms with Gasteiger partial charge in [-0.15, -0.1) is 0 Å². The molecule has 0 saturated heterocycles. The van der Waals surface area contributed by atoms with Crippen molar-refractivity contribution in [1.82, 2.24) is 0 Å². The average molecular weight is 257 g/mol. The molecule has 1 aliphatic carbocycles. The molecule has 6 nitrogen and oxygen atoms in total. The zero-order valence-corrected chi connectivity index (χ0v) is 10.3. The highest BCUT2D eigenvalue weighted by Gasteiger charge is 2.40. The van der Waals surface area contributed by atoms with Crippen LogP contribution in [0.5, 0.6) is 0 Å². The molecule has 0 amide bonds. The summed E-state index contributed by atoms with van der Waals surface area (Å²) < 4.78 is 0. The maximum atomic E-state index is 12.2. The van der Waals surface area contributed by atoms with Crippen LogP contribution in [-0.2, 0) is 0 Å². The molecule has 0 bridgehead atoms. The molecule has 95 valence electrons. The number of nitro benzene ring substituents is 1. The first-order chi connectivity index (χ1) is 8.99. The van der Waals surface area contributed by atoms with Crippen LogP contribution in [0.1, 0.15) is 34.6 Å². The number of nitro groups is 1. The standard InChI is InChI=1S/C13H9N2O4/c1-3-14-7(2)10-12(16)8-5-4-6-9(15(18)19)11(8)13(10)17/h4-6H,1-2H3. The Labute approximate surface area is 108 Å². The lowest BCUT2D eigenvalue weighted by atomic mass is 10.1. The van der Waals surface area contributed by atoms with Crippen molar-refractivity contribution in [3.63, 3.8) is 0 Å². The molecular weight excluding hydrogens is 248 g/mol. The van der Waals surface area contributed by atoms with Crippen LogP contribution >= 0.6 is 0 Å². The van der Waals surface area contributed by atoms with Crippen LogP contribution in [0.3, 0.4) is 0 Å². The Bertz CT molecular complexity index is 671. The smallest absolute Gasteiger partial charge is 0.281 e. The van der Waals surface area contributed by atoms with Gasteiger partial charge in [0.25, 0.3) is 5.69 Å². The predicted octanol–water partition coefficient (Wildman–Crippen LogP) is 2.22. The van der Waals surface area contributed by atoms with Gasteiger partial charge in [0, 0.05) is 11.6 Å². The topological polar surface area (TPSA) is 89.6 Å². The SMILES string of the molecule is C[C]=NC(C)=C1C(=O)c2cccc([N+](=O)[O-])c2C1=O. The van der Waals surface area contributed by atoms with E-state index in [1.165, 1.54) is 32.0 Å². The molecule has 0 N–H and O–H groups in total. The van der Waals surface area contributed by atoms with Crippen LogP contribution in [0.4, 0.5) is 5.69 Å². The van der Waals surface area contributed by atoms with E-state index in [2.05, 4.69) is 11.2 Å². The number of fused-ring (bicyclic) bond motifs is 1. The van der Waals surface area contributed by atoms with Gasteiger partial charge in [0.2, 0.25) is 5.78 Å². The molecule has 1 aromatic rings. The Balaban J connectivity index is 2.73. The second-order valence-electron chi connectivity index (χ2n) is 3.91. The Kier molecular flexibility index (Phi) is 3.08. The lowest BCUT2D eigenvalue weighted by Gasteiger charge is -1.97. The van der Waals surface area contributed by atoms with Gasteiger partial charge < -0.3 is 0 Å². The number of Topliss-reactive ketones (excluding diaryl/α,β-unsaturated/α-hetero) is 2. The molecule has 0 spiro atoms. The third-order valence-corrected chi connectivity index (χ3v) is 2.81. The van der Waals surface area contributed by atoms with E-state index >= 15 is 0 Å². The average Bonchev–Trinajstić information content (AvgIpc) is 2.62. The van der Waals surface area contributed by atoms with Gasteiger partial charge in [0.1, 0.15) is 5.56 Å². The molecule has 6 heteroatoms. The lowest BCUT2D eigenvalue weighted by Crippen LogP contribution is -2.04. The van der Waals surface area contributed by atoms with Gasteiger partial charge in [-0.25, -0.2) is 0 Å². The number of ketones is 2. The molecule has 0 atom stereocenters. The normalized spacial score (nSPS) is 16.9. The molecule has 0 aromatic heterocycles. The number of hydrogen-bond donors (Lipinski definition) is 0. The van der Waals surface area contributed by atoms with Crippen LogP contribution in [0.2, 0.25) is 0 Å². The summed E-state index contributed by atoms with van der Waals surface area (Å²) in [5, 5.41) is 10.9. The minimum atomic E-state index is -0.669. The summed E-state index contributed by atoms with van der Waals surface area (Å²) >= 11 is 0. The van der Waals surface area contributed by atoms with Crippen LogP contribution in [0.25, 0.3) is 0 Å². The lowest BCUT2D eigenvalue weighted by molar-refractivity contribution is -0.385. The van der Waals surface area contributed by atoms with Crippen molar-refractivity contribution in [1.29, 1.82) is 0 Å². The number of allylic oxidation sites excluding steroid dienone is 2. The molecule has 0 unspecified atom stereocenters. The van der Waals surface area contributed by atoms with E-state index in [1.807, 2.05) is 0 Å². The van der Waals surface area contributed by atoms with Gasteiger partial charge in [0.15, 0.2) is 5.78 Å². The van der Waals surface area contributed by atoms with Crippen LogP contribution < -0.4 is 0 Å². The summed E-state index contributed by atoms with van der Waals surface area (Å²) in [6, 6.07) is 4.00. The molecular formula is C13H9N2O4. The summed E-state index contributed by atoms with van der Waals surface area (Å²) in [6.45, 7) is 3.03. The highest BCUT2D eigenvalue weighted by atomic mass is 16.6. The van der Waals surface area contributed by atoms with Crippen molar-refractivity contribution in [2.24, 2.45) is 4.99 Å². The first kappa shape index (κ1) is 12.8. The van der Waals surface area contributed by atoms with Crippen LogP contribution in [0, 0.1) is 10.1 Å². The molecule has 2 rings (SSSR count). The van der Waals surface area contributed by atoms with E-state index in [9.17, 15) is 19.7 Å². The van der Waals surface area contributed by atoms with Gasteiger partial charge in [-0.05, 0) is 19.9 Å². The fraction of sp³-hybridized carbons (Fsp3) is 0.154. The van der Waals surface area contributed by atoms with Crippen molar-refractivity contribution in [2.45, 2.75) is 13.8 Å². The highest BCUT2D eigenvalue weighted by molar-refractivity contribution is 6.40. The number of aliphatic imine (C=N–C) groups is 1. The zero-order chi connectivity index (χ0) is 14.2. The van der Waals surface area contributed by atoms with E-state index in [0.29, 0.717) is 0 Å². The Morgan fingerprint density at radius 1 is 1.32 bits per heavy atom. The zero-order valence-electron chi connectivity index (χ0n) is 10.3. The Hall–Kier alpha value is -2.63.